The molecule has 0 saturated carbocycles. The molecule has 80 valence electrons. The number of rotatable bonds is 2. The summed E-state index contributed by atoms with van der Waals surface area (Å²) in [7, 11) is 0. The molecule has 0 bridgehead atoms. The summed E-state index contributed by atoms with van der Waals surface area (Å²) in [5, 5.41) is 12.6. The highest BCUT2D eigenvalue weighted by Gasteiger charge is 2.08. The normalized spacial score (nSPS) is 11.1. The van der Waals surface area contributed by atoms with Crippen LogP contribution in [0.25, 0.3) is 16.6 Å². The van der Waals surface area contributed by atoms with Crippen molar-refractivity contribution in [3.8, 4) is 5.75 Å². The first-order valence-electron chi connectivity index (χ1n) is 5.13. The van der Waals surface area contributed by atoms with Crippen LogP contribution in [0.1, 0.15) is 6.92 Å². The number of fused-ring (bicyclic) bond motifs is 3. The van der Waals surface area contributed by atoms with Crippen LogP contribution in [-0.4, -0.2) is 26.6 Å². The van der Waals surface area contributed by atoms with Gasteiger partial charge < -0.3 is 4.74 Å². The Morgan fingerprint density at radius 3 is 3.06 bits per heavy atom. The summed E-state index contributed by atoms with van der Waals surface area (Å²) in [4.78, 5) is 0. The van der Waals surface area contributed by atoms with E-state index in [0.29, 0.717) is 12.3 Å². The lowest BCUT2D eigenvalue weighted by Crippen LogP contribution is -1.97. The summed E-state index contributed by atoms with van der Waals surface area (Å²) in [6.45, 7) is 2.59. The molecule has 3 rings (SSSR count). The van der Waals surface area contributed by atoms with E-state index in [2.05, 4.69) is 15.5 Å². The number of pyridine rings is 1. The Bertz CT molecular complexity index is 647. The average molecular weight is 214 g/mol. The van der Waals surface area contributed by atoms with Crippen molar-refractivity contribution >= 4 is 16.6 Å². The van der Waals surface area contributed by atoms with Crippen LogP contribution >= 0.6 is 0 Å². The van der Waals surface area contributed by atoms with E-state index >= 15 is 0 Å². The molecule has 1 aromatic carbocycles. The zero-order valence-corrected chi connectivity index (χ0v) is 8.79. The van der Waals surface area contributed by atoms with Crippen molar-refractivity contribution in [1.29, 1.82) is 0 Å². The van der Waals surface area contributed by atoms with Gasteiger partial charge in [-0.1, -0.05) is 12.1 Å². The fraction of sp³-hybridized carbons (Fsp3) is 0.182. The van der Waals surface area contributed by atoms with E-state index in [1.54, 1.807) is 4.52 Å². The summed E-state index contributed by atoms with van der Waals surface area (Å²) in [6, 6.07) is 9.76. The minimum Gasteiger partial charge on any atom is -0.493 e. The summed E-state index contributed by atoms with van der Waals surface area (Å²) < 4.78 is 7.29. The van der Waals surface area contributed by atoms with E-state index in [4.69, 9.17) is 4.74 Å². The highest BCUT2D eigenvalue weighted by molar-refractivity contribution is 5.87. The van der Waals surface area contributed by atoms with Crippen LogP contribution in [0.5, 0.6) is 5.75 Å². The van der Waals surface area contributed by atoms with E-state index < -0.39 is 0 Å². The third kappa shape index (κ3) is 1.21. The van der Waals surface area contributed by atoms with Gasteiger partial charge in [0.2, 0.25) is 0 Å². The molecule has 5 nitrogen and oxygen atoms in total. The standard InChI is InChI=1S/C11H10N4O/c1-2-16-10-7-11-12-13-14-15(11)9-6-4-3-5-8(9)10/h3-7H,2H2,1H3. The molecule has 0 aliphatic carbocycles. The zero-order chi connectivity index (χ0) is 11.0. The molecule has 0 saturated heterocycles. The maximum atomic E-state index is 5.59. The molecule has 5 heteroatoms. The first-order valence-corrected chi connectivity index (χ1v) is 5.13. The number of benzene rings is 1. The van der Waals surface area contributed by atoms with Crippen molar-refractivity contribution in [2.75, 3.05) is 6.61 Å². The van der Waals surface area contributed by atoms with E-state index in [1.165, 1.54) is 0 Å². The van der Waals surface area contributed by atoms with Crippen molar-refractivity contribution in [2.24, 2.45) is 0 Å². The van der Waals surface area contributed by atoms with Crippen molar-refractivity contribution in [2.45, 2.75) is 6.92 Å². The number of hydrogen-bond acceptors (Lipinski definition) is 4. The second-order valence-corrected chi connectivity index (χ2v) is 3.41. The van der Waals surface area contributed by atoms with Gasteiger partial charge in [-0.3, -0.25) is 0 Å². The Balaban J connectivity index is 2.45. The van der Waals surface area contributed by atoms with Gasteiger partial charge in [0.05, 0.1) is 12.1 Å². The first-order chi connectivity index (χ1) is 7.90. The van der Waals surface area contributed by atoms with E-state index in [9.17, 15) is 0 Å². The Morgan fingerprint density at radius 1 is 1.31 bits per heavy atom. The highest BCUT2D eigenvalue weighted by atomic mass is 16.5. The number of tetrazole rings is 1. The predicted molar refractivity (Wildman–Crippen MR) is 59.5 cm³/mol. The Kier molecular flexibility index (Phi) is 1.96. The fourth-order valence-corrected chi connectivity index (χ4v) is 1.79. The van der Waals surface area contributed by atoms with Gasteiger partial charge in [-0.25, -0.2) is 0 Å². The molecule has 16 heavy (non-hydrogen) atoms. The number of nitrogens with zero attached hydrogens (tertiary/aromatic N) is 4. The quantitative estimate of drug-likeness (QED) is 0.651. The van der Waals surface area contributed by atoms with Gasteiger partial charge in [0.25, 0.3) is 0 Å². The SMILES string of the molecule is CCOc1cc2nnnn2c2ccccc12. The Morgan fingerprint density at radius 2 is 2.19 bits per heavy atom. The van der Waals surface area contributed by atoms with Crippen LogP contribution in [0.15, 0.2) is 30.3 Å². The van der Waals surface area contributed by atoms with Crippen LogP contribution < -0.4 is 4.74 Å². The van der Waals surface area contributed by atoms with Crippen LogP contribution in [0.4, 0.5) is 0 Å². The molecule has 0 fully saturated rings. The van der Waals surface area contributed by atoms with Crippen LogP contribution in [-0.2, 0) is 0 Å². The lowest BCUT2D eigenvalue weighted by molar-refractivity contribution is 0.344. The fourth-order valence-electron chi connectivity index (χ4n) is 1.79. The van der Waals surface area contributed by atoms with Crippen LogP contribution in [0.2, 0.25) is 0 Å². The number of hydrogen-bond donors (Lipinski definition) is 0. The average Bonchev–Trinajstić information content (AvgIpc) is 2.78. The maximum Gasteiger partial charge on any atom is 0.183 e. The van der Waals surface area contributed by atoms with Gasteiger partial charge >= 0.3 is 0 Å². The first kappa shape index (κ1) is 9.08. The second-order valence-electron chi connectivity index (χ2n) is 3.41. The smallest absolute Gasteiger partial charge is 0.183 e. The number of ether oxygens (including phenoxy) is 1. The van der Waals surface area contributed by atoms with Crippen molar-refractivity contribution in [1.82, 2.24) is 20.0 Å². The molecular formula is C11H10N4O. The molecule has 0 N–H and O–H groups in total. The van der Waals surface area contributed by atoms with Crippen molar-refractivity contribution in [3.63, 3.8) is 0 Å². The van der Waals surface area contributed by atoms with Gasteiger partial charge in [-0.05, 0) is 29.5 Å². The molecule has 0 unspecified atom stereocenters. The van der Waals surface area contributed by atoms with Crippen LogP contribution in [0.3, 0.4) is 0 Å². The molecular weight excluding hydrogens is 204 g/mol. The van der Waals surface area contributed by atoms with Crippen LogP contribution in [0, 0.1) is 0 Å². The van der Waals surface area contributed by atoms with Crippen molar-refractivity contribution in [3.05, 3.63) is 30.3 Å². The number of para-hydroxylation sites is 1. The Hall–Kier alpha value is -2.17. The largest absolute Gasteiger partial charge is 0.493 e. The third-order valence-corrected chi connectivity index (χ3v) is 2.45. The second kappa shape index (κ2) is 3.44. The van der Waals surface area contributed by atoms with E-state index in [1.807, 2.05) is 37.3 Å². The minimum absolute atomic E-state index is 0.627. The molecule has 0 aliphatic heterocycles. The topological polar surface area (TPSA) is 52.3 Å². The maximum absolute atomic E-state index is 5.59. The molecule has 0 radical (unpaired) electrons. The summed E-state index contributed by atoms with van der Waals surface area (Å²) in [5.41, 5.74) is 1.65. The van der Waals surface area contributed by atoms with Gasteiger partial charge in [0, 0.05) is 11.5 Å². The van der Waals surface area contributed by atoms with E-state index in [-0.39, 0.29) is 0 Å². The highest BCUT2D eigenvalue weighted by Crippen LogP contribution is 2.26. The molecule has 0 spiro atoms. The molecule has 0 amide bonds. The third-order valence-electron chi connectivity index (χ3n) is 2.45. The monoisotopic (exact) mass is 214 g/mol. The zero-order valence-electron chi connectivity index (χ0n) is 8.79. The summed E-state index contributed by atoms with van der Waals surface area (Å²) >= 11 is 0. The van der Waals surface area contributed by atoms with Gasteiger partial charge in [0.15, 0.2) is 5.65 Å². The van der Waals surface area contributed by atoms with Gasteiger partial charge in [-0.15, -0.1) is 5.10 Å². The molecule has 3 aromatic rings. The Labute approximate surface area is 91.6 Å². The molecule has 0 aliphatic rings. The predicted octanol–water partition coefficient (Wildman–Crippen LogP) is 1.68. The molecule has 0 atom stereocenters. The summed E-state index contributed by atoms with van der Waals surface area (Å²) in [5.74, 6) is 0.820. The minimum atomic E-state index is 0.627. The summed E-state index contributed by atoms with van der Waals surface area (Å²) in [6.07, 6.45) is 0. The molecule has 2 aromatic heterocycles. The molecule has 2 heterocycles. The van der Waals surface area contributed by atoms with E-state index in [0.717, 1.165) is 16.7 Å². The van der Waals surface area contributed by atoms with Crippen molar-refractivity contribution < 1.29 is 4.74 Å². The lowest BCUT2D eigenvalue weighted by atomic mass is 10.2. The number of aromatic nitrogens is 4. The van der Waals surface area contributed by atoms with Gasteiger partial charge in [0.1, 0.15) is 5.75 Å². The van der Waals surface area contributed by atoms with Gasteiger partial charge in [-0.2, -0.15) is 4.52 Å². The lowest BCUT2D eigenvalue weighted by Gasteiger charge is -2.07.